The van der Waals surface area contributed by atoms with E-state index >= 15 is 0 Å². The van der Waals surface area contributed by atoms with Gasteiger partial charge in [0.15, 0.2) is 0 Å². The molecule has 0 saturated heterocycles. The Kier molecular flexibility index (Phi) is 4.50. The Morgan fingerprint density at radius 2 is 1.68 bits per heavy atom. The van der Waals surface area contributed by atoms with Crippen molar-refractivity contribution in [1.29, 1.82) is 0 Å². The third kappa shape index (κ3) is 2.67. The van der Waals surface area contributed by atoms with Crippen LogP contribution in [0.3, 0.4) is 0 Å². The standard InChI is InChI=1S/C16H16N2O4/c1-9-12(15(19)21-3)10(2)18-14(13(9)16(20)22-4)11-6-5-7-17-8-11/h5-8H,1-4H3. The van der Waals surface area contributed by atoms with Gasteiger partial charge in [-0.3, -0.25) is 9.97 Å². The molecule has 0 radical (unpaired) electrons. The summed E-state index contributed by atoms with van der Waals surface area (Å²) in [5, 5.41) is 0. The van der Waals surface area contributed by atoms with Crippen molar-refractivity contribution in [2.24, 2.45) is 0 Å². The van der Waals surface area contributed by atoms with Crippen molar-refractivity contribution in [3.63, 3.8) is 0 Å². The molecule has 2 rings (SSSR count). The molecule has 0 amide bonds. The average Bonchev–Trinajstić information content (AvgIpc) is 2.54. The summed E-state index contributed by atoms with van der Waals surface area (Å²) in [5.41, 5.74) is 2.58. The molecule has 2 aromatic heterocycles. The predicted molar refractivity (Wildman–Crippen MR) is 79.6 cm³/mol. The van der Waals surface area contributed by atoms with Crippen molar-refractivity contribution in [2.75, 3.05) is 14.2 Å². The molecule has 0 bridgehead atoms. The zero-order chi connectivity index (χ0) is 16.3. The summed E-state index contributed by atoms with van der Waals surface area (Å²) in [6.45, 7) is 3.37. The van der Waals surface area contributed by atoms with Crippen LogP contribution in [0.2, 0.25) is 0 Å². The largest absolute Gasteiger partial charge is 0.465 e. The summed E-state index contributed by atoms with van der Waals surface area (Å²) in [4.78, 5) is 32.5. The van der Waals surface area contributed by atoms with Crippen LogP contribution >= 0.6 is 0 Å². The maximum absolute atomic E-state index is 12.2. The van der Waals surface area contributed by atoms with E-state index in [-0.39, 0.29) is 11.1 Å². The lowest BCUT2D eigenvalue weighted by molar-refractivity contribution is 0.0596. The van der Waals surface area contributed by atoms with Gasteiger partial charge in [0.25, 0.3) is 0 Å². The molecule has 0 N–H and O–H groups in total. The Hall–Kier alpha value is -2.76. The molecule has 2 aromatic rings. The first-order valence-electron chi connectivity index (χ1n) is 6.59. The second kappa shape index (κ2) is 6.34. The summed E-state index contributed by atoms with van der Waals surface area (Å²) >= 11 is 0. The number of carbonyl (C=O) groups is 2. The van der Waals surface area contributed by atoms with Crippen LogP contribution in [0, 0.1) is 13.8 Å². The molecule has 0 atom stereocenters. The van der Waals surface area contributed by atoms with E-state index in [1.54, 1.807) is 38.4 Å². The number of pyridine rings is 2. The highest BCUT2D eigenvalue weighted by Gasteiger charge is 2.25. The molecule has 0 aliphatic heterocycles. The van der Waals surface area contributed by atoms with Crippen molar-refractivity contribution < 1.29 is 19.1 Å². The van der Waals surface area contributed by atoms with Gasteiger partial charge in [-0.05, 0) is 31.5 Å². The van der Waals surface area contributed by atoms with Crippen molar-refractivity contribution in [1.82, 2.24) is 9.97 Å². The molecule has 0 aliphatic rings. The van der Waals surface area contributed by atoms with Gasteiger partial charge in [0, 0.05) is 18.0 Å². The Bertz CT molecular complexity index is 727. The second-order valence-corrected chi connectivity index (χ2v) is 4.65. The molecule has 0 fully saturated rings. The maximum Gasteiger partial charge on any atom is 0.340 e. The van der Waals surface area contributed by atoms with E-state index in [0.29, 0.717) is 22.5 Å². The number of rotatable bonds is 3. The summed E-state index contributed by atoms with van der Waals surface area (Å²) in [7, 11) is 2.57. The van der Waals surface area contributed by atoms with Crippen LogP contribution in [0.4, 0.5) is 0 Å². The molecule has 114 valence electrons. The lowest BCUT2D eigenvalue weighted by Gasteiger charge is -2.15. The van der Waals surface area contributed by atoms with Crippen molar-refractivity contribution in [2.45, 2.75) is 13.8 Å². The fourth-order valence-electron chi connectivity index (χ4n) is 2.32. The molecule has 0 unspecified atom stereocenters. The van der Waals surface area contributed by atoms with E-state index in [2.05, 4.69) is 9.97 Å². The fourth-order valence-corrected chi connectivity index (χ4v) is 2.32. The van der Waals surface area contributed by atoms with E-state index in [0.717, 1.165) is 0 Å². The summed E-state index contributed by atoms with van der Waals surface area (Å²) in [5.74, 6) is -1.10. The third-order valence-corrected chi connectivity index (χ3v) is 3.34. The lowest BCUT2D eigenvalue weighted by atomic mass is 9.97. The molecular formula is C16H16N2O4. The molecule has 2 heterocycles. The maximum atomic E-state index is 12.2. The van der Waals surface area contributed by atoms with Gasteiger partial charge >= 0.3 is 11.9 Å². The number of ether oxygens (including phenoxy) is 2. The molecule has 0 spiro atoms. The van der Waals surface area contributed by atoms with Crippen LogP contribution in [0.15, 0.2) is 24.5 Å². The molecule has 6 heteroatoms. The minimum atomic E-state index is -0.561. The van der Waals surface area contributed by atoms with E-state index in [1.807, 2.05) is 0 Å². The van der Waals surface area contributed by atoms with Gasteiger partial charge in [-0.2, -0.15) is 0 Å². The zero-order valence-corrected chi connectivity index (χ0v) is 12.8. The van der Waals surface area contributed by atoms with Crippen LogP contribution in [-0.2, 0) is 9.47 Å². The minimum absolute atomic E-state index is 0.238. The number of carbonyl (C=O) groups excluding carboxylic acids is 2. The number of hydrogen-bond acceptors (Lipinski definition) is 6. The SMILES string of the molecule is COC(=O)c1c(C)nc(-c2cccnc2)c(C(=O)OC)c1C. The first-order valence-corrected chi connectivity index (χ1v) is 6.59. The van der Waals surface area contributed by atoms with Crippen LogP contribution < -0.4 is 0 Å². The van der Waals surface area contributed by atoms with Crippen LogP contribution in [0.5, 0.6) is 0 Å². The van der Waals surface area contributed by atoms with Gasteiger partial charge < -0.3 is 9.47 Å². The van der Waals surface area contributed by atoms with Crippen LogP contribution in [-0.4, -0.2) is 36.1 Å². The number of methoxy groups -OCH3 is 2. The number of hydrogen-bond donors (Lipinski definition) is 0. The van der Waals surface area contributed by atoms with Crippen molar-refractivity contribution in [3.8, 4) is 11.3 Å². The highest BCUT2D eigenvalue weighted by molar-refractivity contribution is 6.02. The monoisotopic (exact) mass is 300 g/mol. The molecule has 22 heavy (non-hydrogen) atoms. The highest BCUT2D eigenvalue weighted by atomic mass is 16.5. The molecule has 0 saturated carbocycles. The van der Waals surface area contributed by atoms with Gasteiger partial charge in [-0.25, -0.2) is 9.59 Å². The van der Waals surface area contributed by atoms with Crippen LogP contribution in [0.25, 0.3) is 11.3 Å². The normalized spacial score (nSPS) is 10.2. The number of esters is 2. The van der Waals surface area contributed by atoms with Gasteiger partial charge in [0.05, 0.1) is 36.7 Å². The summed E-state index contributed by atoms with van der Waals surface area (Å²) < 4.78 is 9.60. The lowest BCUT2D eigenvalue weighted by Crippen LogP contribution is -2.16. The van der Waals surface area contributed by atoms with Gasteiger partial charge in [0.2, 0.25) is 0 Å². The fraction of sp³-hybridized carbons (Fsp3) is 0.250. The highest BCUT2D eigenvalue weighted by Crippen LogP contribution is 2.28. The Morgan fingerprint density at radius 1 is 1.05 bits per heavy atom. The van der Waals surface area contributed by atoms with E-state index < -0.39 is 11.9 Å². The average molecular weight is 300 g/mol. The number of aryl methyl sites for hydroxylation is 1. The van der Waals surface area contributed by atoms with Crippen LogP contribution in [0.1, 0.15) is 32.0 Å². The van der Waals surface area contributed by atoms with Crippen molar-refractivity contribution in [3.05, 3.63) is 46.9 Å². The Labute approximate surface area is 128 Å². The molecule has 0 aromatic carbocycles. The van der Waals surface area contributed by atoms with E-state index in [4.69, 9.17) is 9.47 Å². The van der Waals surface area contributed by atoms with Gasteiger partial charge in [-0.1, -0.05) is 0 Å². The molecule has 0 aliphatic carbocycles. The predicted octanol–water partition coefficient (Wildman–Crippen LogP) is 2.33. The number of aromatic nitrogens is 2. The zero-order valence-electron chi connectivity index (χ0n) is 12.8. The quantitative estimate of drug-likeness (QED) is 0.810. The molecule has 6 nitrogen and oxygen atoms in total. The molecular weight excluding hydrogens is 284 g/mol. The third-order valence-electron chi connectivity index (χ3n) is 3.34. The number of nitrogens with zero attached hydrogens (tertiary/aromatic N) is 2. The van der Waals surface area contributed by atoms with Crippen molar-refractivity contribution >= 4 is 11.9 Å². The second-order valence-electron chi connectivity index (χ2n) is 4.65. The Balaban J connectivity index is 2.80. The Morgan fingerprint density at radius 3 is 2.23 bits per heavy atom. The van der Waals surface area contributed by atoms with E-state index in [9.17, 15) is 9.59 Å². The smallest absolute Gasteiger partial charge is 0.340 e. The topological polar surface area (TPSA) is 78.4 Å². The van der Waals surface area contributed by atoms with Gasteiger partial charge in [-0.15, -0.1) is 0 Å². The minimum Gasteiger partial charge on any atom is -0.465 e. The first kappa shape index (κ1) is 15.6. The first-order chi connectivity index (χ1) is 10.5. The van der Waals surface area contributed by atoms with E-state index in [1.165, 1.54) is 14.2 Å². The summed E-state index contributed by atoms with van der Waals surface area (Å²) in [6.07, 6.45) is 3.23. The van der Waals surface area contributed by atoms with Gasteiger partial charge in [0.1, 0.15) is 0 Å². The summed E-state index contributed by atoms with van der Waals surface area (Å²) in [6, 6.07) is 3.54.